The van der Waals surface area contributed by atoms with Gasteiger partial charge in [0, 0.05) is 16.2 Å². The average Bonchev–Trinajstić information content (AvgIpc) is 2.64. The van der Waals surface area contributed by atoms with Gasteiger partial charge in [-0.05, 0) is 35.3 Å². The second kappa shape index (κ2) is 8.38. The van der Waals surface area contributed by atoms with Crippen LogP contribution in [0.15, 0.2) is 30.9 Å². The molecule has 6 bridgehead atoms. The fraction of sp³-hybridized carbons (Fsp3) is 0.571. The molecular formula is C21H27N9S3. The SMILES string of the molecule is CC(C)(C)c1nc2nc(n1)Sc1nc(nc(C(C)(C)C)n1)Sc1nc(nc(C(C)(C)C)n1)S2. The van der Waals surface area contributed by atoms with Crippen LogP contribution in [0.1, 0.15) is 79.8 Å². The van der Waals surface area contributed by atoms with Gasteiger partial charge in [0.25, 0.3) is 0 Å². The monoisotopic (exact) mass is 501 g/mol. The van der Waals surface area contributed by atoms with Crippen molar-refractivity contribution in [2.45, 2.75) is 109 Å². The predicted molar refractivity (Wildman–Crippen MR) is 128 cm³/mol. The molecule has 0 saturated carbocycles. The van der Waals surface area contributed by atoms with E-state index >= 15 is 0 Å². The van der Waals surface area contributed by atoms with Crippen LogP contribution in [0, 0.1) is 0 Å². The van der Waals surface area contributed by atoms with E-state index in [0.717, 1.165) is 0 Å². The summed E-state index contributed by atoms with van der Waals surface area (Å²) in [5, 5.41) is 3.20. The van der Waals surface area contributed by atoms with Crippen LogP contribution in [0.3, 0.4) is 0 Å². The van der Waals surface area contributed by atoms with Gasteiger partial charge in [-0.1, -0.05) is 62.3 Å². The molecule has 9 nitrogen and oxygen atoms in total. The normalized spacial score (nSPS) is 14.5. The van der Waals surface area contributed by atoms with E-state index in [4.69, 9.17) is 29.9 Å². The summed E-state index contributed by atoms with van der Waals surface area (Å²) in [6.07, 6.45) is 0. The second-order valence-electron chi connectivity index (χ2n) is 10.7. The Labute approximate surface area is 206 Å². The first-order valence-corrected chi connectivity index (χ1v) is 12.9. The van der Waals surface area contributed by atoms with Crippen LogP contribution in [-0.4, -0.2) is 44.9 Å². The highest BCUT2D eigenvalue weighted by Crippen LogP contribution is 2.34. The van der Waals surface area contributed by atoms with Crippen LogP contribution in [-0.2, 0) is 16.2 Å². The summed E-state index contributed by atoms with van der Waals surface area (Å²) in [6, 6.07) is 0. The van der Waals surface area contributed by atoms with Gasteiger partial charge in [-0.2, -0.15) is 15.0 Å². The minimum absolute atomic E-state index is 0.262. The maximum absolute atomic E-state index is 4.70. The lowest BCUT2D eigenvalue weighted by atomic mass is 9.96. The zero-order chi connectivity index (χ0) is 24.2. The van der Waals surface area contributed by atoms with Gasteiger partial charge in [0.15, 0.2) is 30.9 Å². The molecule has 0 aromatic carbocycles. The first-order chi connectivity index (χ1) is 15.2. The minimum atomic E-state index is -0.262. The molecule has 0 spiro atoms. The Morgan fingerprint density at radius 2 is 0.515 bits per heavy atom. The molecule has 3 aromatic heterocycles. The molecule has 0 radical (unpaired) electrons. The number of rotatable bonds is 0. The highest BCUT2D eigenvalue weighted by molar-refractivity contribution is 8.00. The number of hydrogen-bond donors (Lipinski definition) is 0. The van der Waals surface area contributed by atoms with Crippen LogP contribution in [0.4, 0.5) is 0 Å². The topological polar surface area (TPSA) is 116 Å². The molecule has 0 fully saturated rings. The van der Waals surface area contributed by atoms with Crippen molar-refractivity contribution < 1.29 is 0 Å². The van der Waals surface area contributed by atoms with Crippen LogP contribution >= 0.6 is 35.3 Å². The third kappa shape index (κ3) is 5.78. The van der Waals surface area contributed by atoms with Crippen molar-refractivity contribution in [2.24, 2.45) is 0 Å². The summed E-state index contributed by atoms with van der Waals surface area (Å²) >= 11 is 3.92. The standard InChI is InChI=1S/C21H27N9S3/c1-19(2,3)10-22-13-28-14(23-10)32-16-25-12(21(7,8)9)27-18(30-16)33-17-26-11(20(4,5)6)24-15(29-17)31-13/h1-9H3. The Kier molecular flexibility index (Phi) is 6.15. The van der Waals surface area contributed by atoms with Gasteiger partial charge in [-0.15, -0.1) is 0 Å². The third-order valence-electron chi connectivity index (χ3n) is 4.34. The lowest BCUT2D eigenvalue weighted by Gasteiger charge is -2.20. The molecule has 0 saturated heterocycles. The van der Waals surface area contributed by atoms with E-state index in [2.05, 4.69) is 77.3 Å². The Bertz CT molecular complexity index is 999. The molecule has 1 aliphatic heterocycles. The van der Waals surface area contributed by atoms with Crippen molar-refractivity contribution in [3.05, 3.63) is 17.5 Å². The van der Waals surface area contributed by atoms with Gasteiger partial charge in [0.1, 0.15) is 17.5 Å². The highest BCUT2D eigenvalue weighted by Gasteiger charge is 2.27. The van der Waals surface area contributed by atoms with Gasteiger partial charge < -0.3 is 0 Å². The lowest BCUT2D eigenvalue weighted by Crippen LogP contribution is -2.20. The fourth-order valence-electron chi connectivity index (χ4n) is 2.54. The molecule has 0 unspecified atom stereocenters. The van der Waals surface area contributed by atoms with Crippen molar-refractivity contribution in [3.63, 3.8) is 0 Å². The molecule has 0 N–H and O–H groups in total. The molecule has 0 atom stereocenters. The van der Waals surface area contributed by atoms with E-state index < -0.39 is 0 Å². The molecule has 174 valence electrons. The van der Waals surface area contributed by atoms with Crippen LogP contribution in [0.2, 0.25) is 0 Å². The van der Waals surface area contributed by atoms with Gasteiger partial charge >= 0.3 is 0 Å². The number of aromatic nitrogens is 9. The van der Waals surface area contributed by atoms with E-state index in [1.807, 2.05) is 0 Å². The molecule has 0 amide bonds. The summed E-state index contributed by atoms with van der Waals surface area (Å²) in [4.78, 5) is 42.2. The zero-order valence-electron chi connectivity index (χ0n) is 20.2. The van der Waals surface area contributed by atoms with Gasteiger partial charge in [0.2, 0.25) is 0 Å². The summed E-state index contributed by atoms with van der Waals surface area (Å²) < 4.78 is 0. The fourth-order valence-corrected chi connectivity index (χ4v) is 4.79. The maximum Gasteiger partial charge on any atom is 0.199 e. The van der Waals surface area contributed by atoms with Crippen molar-refractivity contribution in [1.82, 2.24) is 44.9 Å². The smallest absolute Gasteiger partial charge is 0.199 e. The van der Waals surface area contributed by atoms with Crippen molar-refractivity contribution >= 4 is 35.3 Å². The van der Waals surface area contributed by atoms with Crippen LogP contribution in [0.25, 0.3) is 0 Å². The summed E-state index contributed by atoms with van der Waals surface area (Å²) in [6.45, 7) is 18.6. The second-order valence-corrected chi connectivity index (χ2v) is 13.5. The molecule has 12 heteroatoms. The van der Waals surface area contributed by atoms with E-state index in [0.29, 0.717) is 48.4 Å². The largest absolute Gasteiger partial charge is 0.206 e. The van der Waals surface area contributed by atoms with E-state index in [-0.39, 0.29) is 16.2 Å². The van der Waals surface area contributed by atoms with Gasteiger partial charge in [-0.25, -0.2) is 29.9 Å². The Morgan fingerprint density at radius 1 is 0.333 bits per heavy atom. The minimum Gasteiger partial charge on any atom is -0.206 e. The molecule has 3 aromatic rings. The highest BCUT2D eigenvalue weighted by atomic mass is 32.2. The Hall–Kier alpha value is -1.92. The number of fused-ring (bicyclic) bond motifs is 6. The lowest BCUT2D eigenvalue weighted by molar-refractivity contribution is 0.510. The first kappa shape index (κ1) is 24.2. The number of nitrogens with zero attached hydrogens (tertiary/aromatic N) is 9. The Balaban J connectivity index is 1.97. The number of hydrogen-bond acceptors (Lipinski definition) is 12. The quantitative estimate of drug-likeness (QED) is 0.326. The third-order valence-corrected chi connectivity index (χ3v) is 6.53. The van der Waals surface area contributed by atoms with Crippen molar-refractivity contribution in [2.75, 3.05) is 0 Å². The Morgan fingerprint density at radius 3 is 0.667 bits per heavy atom. The first-order valence-electron chi connectivity index (χ1n) is 10.5. The van der Waals surface area contributed by atoms with Crippen molar-refractivity contribution in [1.29, 1.82) is 0 Å². The molecule has 4 heterocycles. The molecule has 4 rings (SSSR count). The summed E-state index contributed by atoms with van der Waals surface area (Å²) in [5.41, 5.74) is -0.785. The van der Waals surface area contributed by atoms with E-state index in [1.165, 1.54) is 35.3 Å². The van der Waals surface area contributed by atoms with Gasteiger partial charge in [-0.3, -0.25) is 0 Å². The molecule has 33 heavy (non-hydrogen) atoms. The molecule has 0 aliphatic carbocycles. The predicted octanol–water partition coefficient (Wildman–Crippen LogP) is 4.90. The molecular weight excluding hydrogens is 474 g/mol. The van der Waals surface area contributed by atoms with Crippen LogP contribution < -0.4 is 0 Å². The summed E-state index contributed by atoms with van der Waals surface area (Å²) in [5.74, 6) is 2.05. The summed E-state index contributed by atoms with van der Waals surface area (Å²) in [7, 11) is 0. The zero-order valence-corrected chi connectivity index (χ0v) is 22.7. The average molecular weight is 502 g/mol. The van der Waals surface area contributed by atoms with Crippen LogP contribution in [0.5, 0.6) is 0 Å². The maximum atomic E-state index is 4.70. The molecule has 1 aliphatic rings. The van der Waals surface area contributed by atoms with Gasteiger partial charge in [0.05, 0.1) is 0 Å². The van der Waals surface area contributed by atoms with Crippen molar-refractivity contribution in [3.8, 4) is 0 Å². The van der Waals surface area contributed by atoms with E-state index in [9.17, 15) is 0 Å². The van der Waals surface area contributed by atoms with E-state index in [1.54, 1.807) is 0 Å².